The molecule has 4 aromatic rings. The Bertz CT molecular complexity index is 1900. The Morgan fingerprint density at radius 3 is 1.22 bits per heavy atom. The molecule has 0 aromatic heterocycles. The van der Waals surface area contributed by atoms with Gasteiger partial charge in [0.05, 0.1) is 16.7 Å². The van der Waals surface area contributed by atoms with Crippen molar-refractivity contribution in [3.05, 3.63) is 99.8 Å². The van der Waals surface area contributed by atoms with Crippen LogP contribution in [0.5, 0.6) is 17.2 Å². The van der Waals surface area contributed by atoms with Crippen molar-refractivity contribution in [3.8, 4) is 17.2 Å². The third-order valence-electron chi connectivity index (χ3n) is 5.40. The molecule has 9 nitrogen and oxygen atoms in total. The summed E-state index contributed by atoms with van der Waals surface area (Å²) in [5, 5.41) is 0. The van der Waals surface area contributed by atoms with E-state index in [4.69, 9.17) is 14.2 Å². The third kappa shape index (κ3) is 10.1. The van der Waals surface area contributed by atoms with Crippen molar-refractivity contribution in [1.82, 2.24) is 0 Å². The minimum Gasteiger partial charge on any atom is -0.423 e. The van der Waals surface area contributed by atoms with Crippen LogP contribution in [0.3, 0.4) is 0 Å². The Morgan fingerprint density at radius 1 is 0.511 bits per heavy atom. The second-order valence-corrected chi connectivity index (χ2v) is 19.2. The van der Waals surface area contributed by atoms with Crippen molar-refractivity contribution >= 4 is 209 Å². The first kappa shape index (κ1) is 38.8. The smallest absolute Gasteiger partial charge is 0.344 e. The molecule has 0 fully saturated rings. The minimum atomic E-state index is -4.53. The standard InChI is InChI=1S/C27H10I8O9S/c28-11-3-16(22(34)18(30)5-11)26(37)43-14-7-13(42-25(36)10-1-20(32)24(21(33)2-10)45(39,40)41)8-15(9-14)44-27(38)17-4-12(29)6-19(31)23(17)35/h1-9H,(H,39,40,41). The number of rotatable bonds is 7. The summed E-state index contributed by atoms with van der Waals surface area (Å²) in [6.45, 7) is 0. The summed E-state index contributed by atoms with van der Waals surface area (Å²) in [6.07, 6.45) is 0. The molecule has 0 radical (unpaired) electrons. The van der Waals surface area contributed by atoms with Gasteiger partial charge in [-0.3, -0.25) is 4.55 Å². The molecule has 0 aliphatic rings. The highest BCUT2D eigenvalue weighted by Gasteiger charge is 2.24. The van der Waals surface area contributed by atoms with Gasteiger partial charge in [-0.1, -0.05) is 0 Å². The maximum atomic E-state index is 13.2. The van der Waals surface area contributed by atoms with Crippen LogP contribution in [-0.4, -0.2) is 30.9 Å². The molecule has 234 valence electrons. The van der Waals surface area contributed by atoms with Crippen LogP contribution >= 0.6 is 181 Å². The maximum Gasteiger partial charge on any atom is 0.344 e. The van der Waals surface area contributed by atoms with Gasteiger partial charge in [0.25, 0.3) is 10.1 Å². The molecule has 1 N–H and O–H groups in total. The average Bonchev–Trinajstić information content (AvgIpc) is 2.91. The number of hydrogen-bond donors (Lipinski definition) is 1. The summed E-state index contributed by atoms with van der Waals surface area (Å²) in [6, 6.07) is 13.6. The number of carbonyl (C=O) groups excluding carboxylic acids is 3. The second-order valence-electron chi connectivity index (χ2n) is 8.55. The lowest BCUT2D eigenvalue weighted by atomic mass is 10.2. The molecule has 0 aliphatic heterocycles. The van der Waals surface area contributed by atoms with Gasteiger partial charge < -0.3 is 14.2 Å². The van der Waals surface area contributed by atoms with Crippen molar-refractivity contribution in [1.29, 1.82) is 0 Å². The first-order chi connectivity index (χ1) is 20.9. The number of carbonyl (C=O) groups is 3. The Labute approximate surface area is 365 Å². The topological polar surface area (TPSA) is 133 Å². The largest absolute Gasteiger partial charge is 0.423 e. The summed E-state index contributed by atoms with van der Waals surface area (Å²) >= 11 is 15.9. The highest BCUT2D eigenvalue weighted by molar-refractivity contribution is 14.1. The fourth-order valence-electron chi connectivity index (χ4n) is 3.55. The summed E-state index contributed by atoms with van der Waals surface area (Å²) in [5.41, 5.74) is 0.626. The molecule has 0 amide bonds. The molecule has 0 saturated heterocycles. The number of hydrogen-bond acceptors (Lipinski definition) is 8. The zero-order valence-corrected chi connectivity index (χ0v) is 39.4. The molecule has 0 bridgehead atoms. The molecule has 0 spiro atoms. The van der Waals surface area contributed by atoms with Crippen LogP contribution < -0.4 is 14.2 Å². The monoisotopic (exact) mass is 1530 g/mol. The van der Waals surface area contributed by atoms with Gasteiger partial charge in [-0.05, 0) is 217 Å². The Hall–Kier alpha value is 1.04. The number of esters is 3. The quantitative estimate of drug-likeness (QED) is 0.0632. The van der Waals surface area contributed by atoms with Crippen LogP contribution in [0.2, 0.25) is 0 Å². The van der Waals surface area contributed by atoms with Gasteiger partial charge in [-0.25, -0.2) is 14.4 Å². The van der Waals surface area contributed by atoms with Crippen molar-refractivity contribution in [2.24, 2.45) is 0 Å². The van der Waals surface area contributed by atoms with E-state index < -0.39 is 28.0 Å². The fourth-order valence-corrected chi connectivity index (χ4v) is 12.3. The fraction of sp³-hybridized carbons (Fsp3) is 0. The van der Waals surface area contributed by atoms with Gasteiger partial charge in [-0.15, -0.1) is 0 Å². The third-order valence-corrected chi connectivity index (χ3v) is 16.1. The lowest BCUT2D eigenvalue weighted by Gasteiger charge is -2.13. The highest BCUT2D eigenvalue weighted by atomic mass is 127. The van der Waals surface area contributed by atoms with Crippen LogP contribution in [0.1, 0.15) is 31.1 Å². The van der Waals surface area contributed by atoms with Crippen LogP contribution in [0.15, 0.2) is 59.5 Å². The molecule has 0 saturated carbocycles. The summed E-state index contributed by atoms with van der Waals surface area (Å²) in [5.74, 6) is -2.47. The molecule has 4 aromatic carbocycles. The van der Waals surface area contributed by atoms with Crippen LogP contribution in [0, 0.1) is 28.6 Å². The minimum absolute atomic E-state index is 0.0110. The van der Waals surface area contributed by atoms with Crippen LogP contribution in [0.25, 0.3) is 0 Å². The lowest BCUT2D eigenvalue weighted by molar-refractivity contribution is 0.0729. The zero-order chi connectivity index (χ0) is 33.4. The molecular weight excluding hydrogens is 1520 g/mol. The predicted molar refractivity (Wildman–Crippen MR) is 232 cm³/mol. The molecule has 0 unspecified atom stereocenters. The second kappa shape index (κ2) is 16.4. The zero-order valence-electron chi connectivity index (χ0n) is 21.3. The SMILES string of the molecule is O=C(Oc1cc(OC(=O)c2cc(I)cc(I)c2I)cc(OC(=O)c2cc(I)cc(I)c2I)c1)c1cc(I)c(S(=O)(=O)O)c(I)c1. The molecule has 0 heterocycles. The van der Waals surface area contributed by atoms with Crippen molar-refractivity contribution in [3.63, 3.8) is 0 Å². The number of benzene rings is 4. The predicted octanol–water partition coefficient (Wildman–Crippen LogP) is 9.43. The van der Waals surface area contributed by atoms with Crippen LogP contribution in [0.4, 0.5) is 0 Å². The van der Waals surface area contributed by atoms with Gasteiger partial charge >= 0.3 is 17.9 Å². The highest BCUT2D eigenvalue weighted by Crippen LogP contribution is 2.33. The van der Waals surface area contributed by atoms with E-state index in [0.717, 1.165) is 14.3 Å². The Balaban J connectivity index is 1.73. The number of halogens is 8. The van der Waals surface area contributed by atoms with E-state index in [1.54, 1.807) is 57.3 Å². The van der Waals surface area contributed by atoms with Gasteiger partial charge in [0, 0.05) is 46.8 Å². The lowest BCUT2D eigenvalue weighted by Crippen LogP contribution is -2.15. The molecule has 18 heteroatoms. The van der Waals surface area contributed by atoms with Gasteiger partial charge in [0.2, 0.25) is 0 Å². The summed E-state index contributed by atoms with van der Waals surface area (Å²) in [7, 11) is -4.53. The van der Waals surface area contributed by atoms with E-state index in [-0.39, 0.29) is 34.8 Å². The molecule has 0 atom stereocenters. The first-order valence-electron chi connectivity index (χ1n) is 11.5. The van der Waals surface area contributed by atoms with Gasteiger partial charge in [0.1, 0.15) is 22.1 Å². The summed E-state index contributed by atoms with van der Waals surface area (Å²) < 4.78 is 54.9. The maximum absolute atomic E-state index is 13.2. The molecular formula is C27H10I8O9S. The molecule has 0 aliphatic carbocycles. The Kier molecular flexibility index (Phi) is 14.1. The van der Waals surface area contributed by atoms with E-state index in [0.29, 0.717) is 18.3 Å². The normalized spacial score (nSPS) is 11.2. The first-order valence-corrected chi connectivity index (χ1v) is 21.6. The Morgan fingerprint density at radius 2 is 0.867 bits per heavy atom. The van der Waals surface area contributed by atoms with Crippen LogP contribution in [-0.2, 0) is 10.1 Å². The number of ether oxygens (including phenoxy) is 3. The molecule has 4 rings (SSSR count). The van der Waals surface area contributed by atoms with E-state index in [9.17, 15) is 27.4 Å². The summed E-state index contributed by atoms with van der Waals surface area (Å²) in [4.78, 5) is 39.3. The van der Waals surface area contributed by atoms with Gasteiger partial charge in [0.15, 0.2) is 0 Å². The van der Waals surface area contributed by atoms with E-state index >= 15 is 0 Å². The van der Waals surface area contributed by atoms with Gasteiger partial charge in [-0.2, -0.15) is 8.42 Å². The van der Waals surface area contributed by atoms with E-state index in [1.165, 1.54) is 30.3 Å². The van der Waals surface area contributed by atoms with E-state index in [1.807, 2.05) is 12.1 Å². The van der Waals surface area contributed by atoms with Crippen molar-refractivity contribution in [2.45, 2.75) is 4.90 Å². The average molecular weight is 1530 g/mol. The van der Waals surface area contributed by atoms with E-state index in [2.05, 4.69) is 136 Å². The van der Waals surface area contributed by atoms with Crippen molar-refractivity contribution in [2.75, 3.05) is 0 Å². The molecule has 45 heavy (non-hydrogen) atoms. The van der Waals surface area contributed by atoms with Crippen molar-refractivity contribution < 1.29 is 41.6 Å².